The van der Waals surface area contributed by atoms with Crippen molar-refractivity contribution >= 4 is 34.8 Å². The summed E-state index contributed by atoms with van der Waals surface area (Å²) >= 11 is 11.0. The van der Waals surface area contributed by atoms with Gasteiger partial charge in [-0.05, 0) is 48.8 Å². The van der Waals surface area contributed by atoms with Gasteiger partial charge < -0.3 is 5.32 Å². The Kier molecular flexibility index (Phi) is 8.85. The van der Waals surface area contributed by atoms with Crippen LogP contribution in [0.3, 0.4) is 0 Å². The molecule has 0 spiro atoms. The second kappa shape index (κ2) is 10.4. The number of unbranched alkanes of at least 4 members (excludes halogenated alkanes) is 1. The lowest BCUT2D eigenvalue weighted by molar-refractivity contribution is 0.0943. The van der Waals surface area contributed by atoms with Gasteiger partial charge in [0.2, 0.25) is 0 Å². The van der Waals surface area contributed by atoms with E-state index in [0.29, 0.717) is 21.6 Å². The average molecular weight is 342 g/mol. The summed E-state index contributed by atoms with van der Waals surface area (Å²) in [6.45, 7) is 5.19. The van der Waals surface area contributed by atoms with Crippen LogP contribution in [0.1, 0.15) is 49.9 Å². The highest BCUT2D eigenvalue weighted by Crippen LogP contribution is 2.11. The van der Waals surface area contributed by atoms with E-state index in [1.54, 1.807) is 24.3 Å². The van der Waals surface area contributed by atoms with Crippen molar-refractivity contribution in [3.05, 3.63) is 34.9 Å². The van der Waals surface area contributed by atoms with E-state index >= 15 is 0 Å². The summed E-state index contributed by atoms with van der Waals surface area (Å²) in [6, 6.07) is 6.67. The van der Waals surface area contributed by atoms with Crippen molar-refractivity contribution in [3.8, 4) is 0 Å². The first-order chi connectivity index (χ1) is 10.6. The van der Waals surface area contributed by atoms with Crippen LogP contribution in [0.4, 0.5) is 0 Å². The van der Waals surface area contributed by atoms with Crippen molar-refractivity contribution in [3.63, 3.8) is 0 Å². The SMILES string of the molecule is CCCC[C@@H](CC)CNC(=S)NNC(=O)c1ccc(Cl)cc1. The van der Waals surface area contributed by atoms with Crippen molar-refractivity contribution in [1.29, 1.82) is 0 Å². The molecule has 0 saturated carbocycles. The maximum Gasteiger partial charge on any atom is 0.269 e. The standard InChI is InChI=1S/C16H24ClN3OS/c1-3-5-6-12(4-2)11-18-16(22)20-19-15(21)13-7-9-14(17)10-8-13/h7-10,12H,3-6,11H2,1-2H3,(H,19,21)(H2,18,20,22)/t12-/m1/s1. The Morgan fingerprint density at radius 3 is 2.50 bits per heavy atom. The van der Waals surface area contributed by atoms with E-state index in [1.807, 2.05) is 0 Å². The van der Waals surface area contributed by atoms with E-state index in [1.165, 1.54) is 19.3 Å². The Hall–Kier alpha value is -1.33. The van der Waals surface area contributed by atoms with Crippen molar-refractivity contribution in [1.82, 2.24) is 16.2 Å². The quantitative estimate of drug-likeness (QED) is 0.523. The smallest absolute Gasteiger partial charge is 0.269 e. The predicted molar refractivity (Wildman–Crippen MR) is 96.0 cm³/mol. The molecule has 0 aliphatic heterocycles. The molecule has 0 bridgehead atoms. The van der Waals surface area contributed by atoms with Gasteiger partial charge in [-0.2, -0.15) is 0 Å². The molecule has 6 heteroatoms. The first-order valence-corrected chi connectivity index (χ1v) is 8.45. The zero-order valence-corrected chi connectivity index (χ0v) is 14.7. The van der Waals surface area contributed by atoms with Gasteiger partial charge >= 0.3 is 0 Å². The fourth-order valence-corrected chi connectivity index (χ4v) is 2.27. The third-order valence-electron chi connectivity index (χ3n) is 3.49. The summed E-state index contributed by atoms with van der Waals surface area (Å²) in [4.78, 5) is 11.9. The van der Waals surface area contributed by atoms with Gasteiger partial charge in [0, 0.05) is 17.1 Å². The zero-order valence-electron chi connectivity index (χ0n) is 13.1. The lowest BCUT2D eigenvalue weighted by atomic mass is 9.99. The molecule has 1 rings (SSSR count). The van der Waals surface area contributed by atoms with Gasteiger partial charge in [-0.15, -0.1) is 0 Å². The molecule has 3 N–H and O–H groups in total. The van der Waals surface area contributed by atoms with Gasteiger partial charge in [-0.25, -0.2) is 0 Å². The van der Waals surface area contributed by atoms with Crippen molar-refractivity contribution in [2.75, 3.05) is 6.54 Å². The fraction of sp³-hybridized carbons (Fsp3) is 0.500. The molecular formula is C16H24ClN3OS. The van der Waals surface area contributed by atoms with Gasteiger partial charge in [0.25, 0.3) is 5.91 Å². The highest BCUT2D eigenvalue weighted by molar-refractivity contribution is 7.80. The van der Waals surface area contributed by atoms with Gasteiger partial charge in [-0.3, -0.25) is 15.6 Å². The Morgan fingerprint density at radius 2 is 1.91 bits per heavy atom. The third kappa shape index (κ3) is 7.09. The maximum atomic E-state index is 11.9. The number of rotatable bonds is 7. The topological polar surface area (TPSA) is 53.2 Å². The maximum absolute atomic E-state index is 11.9. The number of nitrogens with one attached hydrogen (secondary N) is 3. The molecule has 1 atom stereocenters. The highest BCUT2D eigenvalue weighted by atomic mass is 35.5. The number of thiocarbonyl (C=S) groups is 1. The normalized spacial score (nSPS) is 11.6. The molecule has 122 valence electrons. The summed E-state index contributed by atoms with van der Waals surface area (Å²) in [5, 5.41) is 4.17. The largest absolute Gasteiger partial charge is 0.361 e. The van der Waals surface area contributed by atoms with Crippen LogP contribution in [0.25, 0.3) is 0 Å². The van der Waals surface area contributed by atoms with Crippen LogP contribution >= 0.6 is 23.8 Å². The second-order valence-electron chi connectivity index (χ2n) is 5.21. The molecule has 0 aliphatic rings. The number of carbonyl (C=O) groups excluding carboxylic acids is 1. The number of benzene rings is 1. The van der Waals surface area contributed by atoms with Crippen LogP contribution in [-0.4, -0.2) is 17.6 Å². The molecule has 0 fully saturated rings. The van der Waals surface area contributed by atoms with Gasteiger partial charge in [-0.1, -0.05) is 44.7 Å². The third-order valence-corrected chi connectivity index (χ3v) is 3.99. The van der Waals surface area contributed by atoms with Gasteiger partial charge in [0.1, 0.15) is 0 Å². The van der Waals surface area contributed by atoms with Crippen LogP contribution < -0.4 is 16.2 Å². The molecule has 0 radical (unpaired) electrons. The molecule has 0 aromatic heterocycles. The Balaban J connectivity index is 2.30. The molecule has 1 aromatic rings. The highest BCUT2D eigenvalue weighted by Gasteiger charge is 2.08. The van der Waals surface area contributed by atoms with Crippen LogP contribution in [0, 0.1) is 5.92 Å². The van der Waals surface area contributed by atoms with Crippen molar-refractivity contribution in [2.45, 2.75) is 39.5 Å². The Morgan fingerprint density at radius 1 is 1.23 bits per heavy atom. The van der Waals surface area contributed by atoms with Crippen LogP contribution in [0.15, 0.2) is 24.3 Å². The monoisotopic (exact) mass is 341 g/mol. The van der Waals surface area contributed by atoms with Crippen LogP contribution in [-0.2, 0) is 0 Å². The number of hydrazine groups is 1. The van der Waals surface area contributed by atoms with Gasteiger partial charge in [0.05, 0.1) is 0 Å². The number of hydrogen-bond acceptors (Lipinski definition) is 2. The molecule has 0 heterocycles. The van der Waals surface area contributed by atoms with Crippen LogP contribution in [0.2, 0.25) is 5.02 Å². The number of carbonyl (C=O) groups is 1. The van der Waals surface area contributed by atoms with Gasteiger partial charge in [0.15, 0.2) is 5.11 Å². The summed E-state index contributed by atoms with van der Waals surface area (Å²) in [5.41, 5.74) is 5.81. The van der Waals surface area contributed by atoms with E-state index in [2.05, 4.69) is 30.0 Å². The molecule has 4 nitrogen and oxygen atoms in total. The predicted octanol–water partition coefficient (Wildman–Crippen LogP) is 3.67. The number of hydrogen-bond donors (Lipinski definition) is 3. The van der Waals surface area contributed by atoms with E-state index in [-0.39, 0.29) is 5.91 Å². The Bertz CT molecular complexity index is 479. The minimum atomic E-state index is -0.251. The van der Waals surface area contributed by atoms with E-state index in [0.717, 1.165) is 13.0 Å². The molecule has 1 amide bonds. The van der Waals surface area contributed by atoms with E-state index < -0.39 is 0 Å². The lowest BCUT2D eigenvalue weighted by Crippen LogP contribution is -2.47. The lowest BCUT2D eigenvalue weighted by Gasteiger charge is -2.17. The molecule has 1 aromatic carbocycles. The van der Waals surface area contributed by atoms with Crippen molar-refractivity contribution in [2.24, 2.45) is 5.92 Å². The summed E-state index contributed by atoms with van der Waals surface area (Å²) in [5.74, 6) is 0.352. The first-order valence-electron chi connectivity index (χ1n) is 7.66. The molecular weight excluding hydrogens is 318 g/mol. The van der Waals surface area contributed by atoms with Crippen molar-refractivity contribution < 1.29 is 4.79 Å². The number of amides is 1. The summed E-state index contributed by atoms with van der Waals surface area (Å²) < 4.78 is 0. The first kappa shape index (κ1) is 18.7. The minimum Gasteiger partial charge on any atom is -0.361 e. The summed E-state index contributed by atoms with van der Waals surface area (Å²) in [6.07, 6.45) is 4.75. The molecule has 22 heavy (non-hydrogen) atoms. The van der Waals surface area contributed by atoms with E-state index in [9.17, 15) is 4.79 Å². The average Bonchev–Trinajstić information content (AvgIpc) is 2.53. The Labute approximate surface area is 143 Å². The molecule has 0 saturated heterocycles. The fourth-order valence-electron chi connectivity index (χ4n) is 2.01. The zero-order chi connectivity index (χ0) is 16.4. The number of halogens is 1. The minimum absolute atomic E-state index is 0.251. The second-order valence-corrected chi connectivity index (χ2v) is 6.06. The summed E-state index contributed by atoms with van der Waals surface area (Å²) in [7, 11) is 0. The molecule has 0 aliphatic carbocycles. The van der Waals surface area contributed by atoms with Crippen LogP contribution in [0.5, 0.6) is 0 Å². The van der Waals surface area contributed by atoms with E-state index in [4.69, 9.17) is 23.8 Å². The molecule has 0 unspecified atom stereocenters.